The molecule has 1 fully saturated rings. The molecule has 0 aromatic carbocycles. The fraction of sp³-hybridized carbons (Fsp3) is 0.667. The van der Waals surface area contributed by atoms with Crippen LogP contribution in [0.2, 0.25) is 0 Å². The summed E-state index contributed by atoms with van der Waals surface area (Å²) in [5.74, 6) is 0.878. The molecule has 1 aromatic heterocycles. The molecule has 1 N–H and O–H groups in total. The Morgan fingerprint density at radius 2 is 2.29 bits per heavy atom. The maximum Gasteiger partial charge on any atom is 0.341 e. The molecule has 1 aliphatic heterocycles. The minimum Gasteiger partial charge on any atom is -0.465 e. The van der Waals surface area contributed by atoms with Gasteiger partial charge in [-0.05, 0) is 26.8 Å². The number of nitrogens with zero attached hydrogens (tertiary/aromatic N) is 1. The first-order chi connectivity index (χ1) is 9.84. The summed E-state index contributed by atoms with van der Waals surface area (Å²) in [4.78, 5) is 13.7. The maximum absolute atomic E-state index is 11.6. The normalized spacial score (nSPS) is 22.2. The van der Waals surface area contributed by atoms with E-state index in [1.165, 1.54) is 7.11 Å². The lowest BCUT2D eigenvalue weighted by Crippen LogP contribution is -2.53. The van der Waals surface area contributed by atoms with Gasteiger partial charge in [0.2, 0.25) is 0 Å². The van der Waals surface area contributed by atoms with Gasteiger partial charge in [-0.2, -0.15) is 0 Å². The monoisotopic (exact) mass is 297 g/mol. The number of rotatable bonds is 4. The maximum atomic E-state index is 11.6. The standard InChI is InChI=1S/C15H23NO5/c1-10-13(14(18)19-4)5-11(20-10)6-16-7-12(8-17)21-15(2,3)9-16/h5,12,17H,6-9H2,1-4H3. The van der Waals surface area contributed by atoms with E-state index in [0.29, 0.717) is 30.2 Å². The Kier molecular flexibility index (Phi) is 4.70. The Morgan fingerprint density at radius 1 is 1.57 bits per heavy atom. The predicted octanol–water partition coefficient (Wildman–Crippen LogP) is 1.35. The molecule has 21 heavy (non-hydrogen) atoms. The average Bonchev–Trinajstić information content (AvgIpc) is 2.76. The van der Waals surface area contributed by atoms with Gasteiger partial charge in [-0.3, -0.25) is 4.90 Å². The molecule has 1 aliphatic rings. The summed E-state index contributed by atoms with van der Waals surface area (Å²) in [6.07, 6.45) is -0.204. The van der Waals surface area contributed by atoms with Crippen LogP contribution in [-0.4, -0.2) is 54.5 Å². The molecule has 0 amide bonds. The number of aliphatic hydroxyl groups excluding tert-OH is 1. The fourth-order valence-electron chi connectivity index (χ4n) is 2.79. The third kappa shape index (κ3) is 3.84. The van der Waals surface area contributed by atoms with Crippen molar-refractivity contribution in [2.75, 3.05) is 26.8 Å². The molecule has 1 unspecified atom stereocenters. The van der Waals surface area contributed by atoms with E-state index in [-0.39, 0.29) is 18.3 Å². The highest BCUT2D eigenvalue weighted by Gasteiger charge is 2.33. The zero-order valence-electron chi connectivity index (χ0n) is 13.0. The first-order valence-corrected chi connectivity index (χ1v) is 7.03. The highest BCUT2D eigenvalue weighted by molar-refractivity contribution is 5.90. The van der Waals surface area contributed by atoms with Crippen LogP contribution >= 0.6 is 0 Å². The van der Waals surface area contributed by atoms with Crippen LogP contribution in [0.5, 0.6) is 0 Å². The van der Waals surface area contributed by atoms with Crippen molar-refractivity contribution in [3.8, 4) is 0 Å². The highest BCUT2D eigenvalue weighted by atomic mass is 16.5. The van der Waals surface area contributed by atoms with Crippen molar-refractivity contribution in [1.82, 2.24) is 4.90 Å². The third-order valence-corrected chi connectivity index (χ3v) is 3.51. The number of hydrogen-bond donors (Lipinski definition) is 1. The Labute approximate surface area is 124 Å². The Hall–Kier alpha value is -1.37. The number of methoxy groups -OCH3 is 1. The van der Waals surface area contributed by atoms with Crippen LogP contribution in [0.15, 0.2) is 10.5 Å². The molecule has 6 heteroatoms. The minimum absolute atomic E-state index is 0.00940. The van der Waals surface area contributed by atoms with E-state index < -0.39 is 5.97 Å². The van der Waals surface area contributed by atoms with E-state index in [1.807, 2.05) is 13.8 Å². The smallest absolute Gasteiger partial charge is 0.341 e. The molecule has 0 bridgehead atoms. The Morgan fingerprint density at radius 3 is 2.90 bits per heavy atom. The zero-order valence-corrected chi connectivity index (χ0v) is 13.0. The summed E-state index contributed by atoms with van der Waals surface area (Å²) in [6.45, 7) is 7.66. The number of aryl methyl sites for hydroxylation is 1. The summed E-state index contributed by atoms with van der Waals surface area (Å²) < 4.78 is 16.1. The third-order valence-electron chi connectivity index (χ3n) is 3.51. The zero-order chi connectivity index (χ0) is 15.6. The number of aliphatic hydroxyl groups is 1. The number of carbonyl (C=O) groups excluding carboxylic acids is 1. The summed E-state index contributed by atoms with van der Waals surface area (Å²) in [6, 6.07) is 1.72. The molecule has 2 rings (SSSR count). The van der Waals surface area contributed by atoms with Gasteiger partial charge in [-0.1, -0.05) is 0 Å². The Balaban J connectivity index is 2.09. The van der Waals surface area contributed by atoms with Gasteiger partial charge in [-0.25, -0.2) is 4.79 Å². The summed E-state index contributed by atoms with van der Waals surface area (Å²) in [5.41, 5.74) is 0.136. The van der Waals surface area contributed by atoms with Crippen molar-refractivity contribution in [2.24, 2.45) is 0 Å². The molecule has 1 atom stereocenters. The SMILES string of the molecule is COC(=O)c1cc(CN2CC(CO)OC(C)(C)C2)oc1C. The van der Waals surface area contributed by atoms with E-state index >= 15 is 0 Å². The second-order valence-corrected chi connectivity index (χ2v) is 6.03. The van der Waals surface area contributed by atoms with Crippen molar-refractivity contribution >= 4 is 5.97 Å². The van der Waals surface area contributed by atoms with Gasteiger partial charge in [0.05, 0.1) is 32.0 Å². The van der Waals surface area contributed by atoms with Gasteiger partial charge in [0.25, 0.3) is 0 Å². The van der Waals surface area contributed by atoms with Crippen LogP contribution in [0.3, 0.4) is 0 Å². The number of esters is 1. The van der Waals surface area contributed by atoms with Crippen LogP contribution in [0.25, 0.3) is 0 Å². The number of hydrogen-bond acceptors (Lipinski definition) is 6. The van der Waals surface area contributed by atoms with E-state index in [4.69, 9.17) is 13.9 Å². The lowest BCUT2D eigenvalue weighted by Gasteiger charge is -2.42. The van der Waals surface area contributed by atoms with Crippen molar-refractivity contribution in [3.05, 3.63) is 23.2 Å². The Bertz CT molecular complexity index is 508. The van der Waals surface area contributed by atoms with Crippen LogP contribution in [0.1, 0.15) is 35.7 Å². The molecule has 0 saturated carbocycles. The molecule has 2 heterocycles. The molecule has 0 aliphatic carbocycles. The first kappa shape index (κ1) is 16.0. The second kappa shape index (κ2) is 6.17. The van der Waals surface area contributed by atoms with Crippen LogP contribution < -0.4 is 0 Å². The number of morpholine rings is 1. The molecule has 0 spiro atoms. The minimum atomic E-state index is -0.391. The van der Waals surface area contributed by atoms with E-state index in [9.17, 15) is 9.90 Å². The summed E-state index contributed by atoms with van der Waals surface area (Å²) in [7, 11) is 1.35. The summed E-state index contributed by atoms with van der Waals surface area (Å²) in [5, 5.41) is 9.32. The van der Waals surface area contributed by atoms with E-state index in [0.717, 1.165) is 6.54 Å². The molecule has 1 saturated heterocycles. The van der Waals surface area contributed by atoms with Gasteiger partial charge in [0.15, 0.2) is 0 Å². The largest absolute Gasteiger partial charge is 0.465 e. The van der Waals surface area contributed by atoms with E-state index in [2.05, 4.69) is 4.90 Å². The highest BCUT2D eigenvalue weighted by Crippen LogP contribution is 2.24. The van der Waals surface area contributed by atoms with Crippen molar-refractivity contribution in [1.29, 1.82) is 0 Å². The molecule has 0 radical (unpaired) electrons. The average molecular weight is 297 g/mol. The van der Waals surface area contributed by atoms with Crippen LogP contribution in [0, 0.1) is 6.92 Å². The fourth-order valence-corrected chi connectivity index (χ4v) is 2.79. The number of ether oxygens (including phenoxy) is 2. The lowest BCUT2D eigenvalue weighted by molar-refractivity contribution is -0.151. The molecule has 6 nitrogen and oxygen atoms in total. The van der Waals surface area contributed by atoms with Crippen molar-refractivity contribution < 1.29 is 23.8 Å². The van der Waals surface area contributed by atoms with Gasteiger partial charge in [0.1, 0.15) is 17.1 Å². The quantitative estimate of drug-likeness (QED) is 0.846. The topological polar surface area (TPSA) is 72.1 Å². The first-order valence-electron chi connectivity index (χ1n) is 7.03. The second-order valence-electron chi connectivity index (χ2n) is 6.03. The van der Waals surface area contributed by atoms with Crippen molar-refractivity contribution in [3.63, 3.8) is 0 Å². The summed E-state index contributed by atoms with van der Waals surface area (Å²) >= 11 is 0. The van der Waals surface area contributed by atoms with Gasteiger partial charge < -0.3 is 19.0 Å². The molecule has 118 valence electrons. The van der Waals surface area contributed by atoms with Crippen LogP contribution in [0.4, 0.5) is 0 Å². The molecule has 1 aromatic rings. The number of carbonyl (C=O) groups is 1. The predicted molar refractivity (Wildman–Crippen MR) is 76.1 cm³/mol. The van der Waals surface area contributed by atoms with Gasteiger partial charge in [-0.15, -0.1) is 0 Å². The number of furan rings is 1. The van der Waals surface area contributed by atoms with Gasteiger partial charge in [0, 0.05) is 13.1 Å². The van der Waals surface area contributed by atoms with Crippen LogP contribution in [-0.2, 0) is 16.0 Å². The molecular formula is C15H23NO5. The van der Waals surface area contributed by atoms with Gasteiger partial charge >= 0.3 is 5.97 Å². The van der Waals surface area contributed by atoms with E-state index in [1.54, 1.807) is 13.0 Å². The molecular weight excluding hydrogens is 274 g/mol. The lowest BCUT2D eigenvalue weighted by atomic mass is 10.1. The van der Waals surface area contributed by atoms with Crippen molar-refractivity contribution in [2.45, 2.75) is 39.0 Å².